The number of nitrogens with zero attached hydrogens (tertiary/aromatic N) is 3. The Morgan fingerprint density at radius 2 is 1.79 bits per heavy atom. The fourth-order valence-corrected chi connectivity index (χ4v) is 5.69. The lowest BCUT2D eigenvalue weighted by molar-refractivity contribution is -0.384. The van der Waals surface area contributed by atoms with Gasteiger partial charge in [0.1, 0.15) is 23.0 Å². The lowest BCUT2D eigenvalue weighted by atomic mass is 9.96. The number of ether oxygens (including phenoxy) is 3. The lowest BCUT2D eigenvalue weighted by Crippen LogP contribution is -2.40. The van der Waals surface area contributed by atoms with Crippen LogP contribution in [0.5, 0.6) is 11.5 Å². The summed E-state index contributed by atoms with van der Waals surface area (Å²) in [5, 5.41) is 11.7. The van der Waals surface area contributed by atoms with Crippen molar-refractivity contribution in [3.63, 3.8) is 0 Å². The maximum absolute atomic E-state index is 13.9. The largest absolute Gasteiger partial charge is 0.497 e. The maximum Gasteiger partial charge on any atom is 0.338 e. The number of hydrogen-bond donors (Lipinski definition) is 0. The molecule has 42 heavy (non-hydrogen) atoms. The first-order valence-corrected chi connectivity index (χ1v) is 13.7. The molecule has 0 radical (unpaired) electrons. The van der Waals surface area contributed by atoms with Crippen LogP contribution >= 0.6 is 11.3 Å². The second-order valence-corrected chi connectivity index (χ2v) is 10.7. The number of thiazole rings is 1. The summed E-state index contributed by atoms with van der Waals surface area (Å²) in [5.74, 6) is 0.990. The van der Waals surface area contributed by atoms with E-state index in [1.54, 1.807) is 82.5 Å². The molecule has 2 aromatic heterocycles. The van der Waals surface area contributed by atoms with E-state index >= 15 is 0 Å². The number of rotatable bonds is 8. The number of carbonyl (C=O) groups excluding carboxylic acids is 1. The smallest absolute Gasteiger partial charge is 0.338 e. The van der Waals surface area contributed by atoms with Gasteiger partial charge in [0.25, 0.3) is 11.2 Å². The zero-order valence-electron chi connectivity index (χ0n) is 23.4. The second-order valence-electron chi connectivity index (χ2n) is 9.65. The molecule has 0 fully saturated rings. The minimum absolute atomic E-state index is 0.176. The van der Waals surface area contributed by atoms with Gasteiger partial charge in [-0.05, 0) is 62.7 Å². The first-order chi connectivity index (χ1) is 20.1. The van der Waals surface area contributed by atoms with E-state index in [2.05, 4.69) is 4.99 Å². The number of nitro groups is 1. The van der Waals surface area contributed by atoms with Gasteiger partial charge < -0.3 is 18.6 Å². The Morgan fingerprint density at radius 3 is 2.43 bits per heavy atom. The summed E-state index contributed by atoms with van der Waals surface area (Å²) in [7, 11) is 2.98. The van der Waals surface area contributed by atoms with Gasteiger partial charge in [-0.25, -0.2) is 9.79 Å². The molecule has 0 amide bonds. The van der Waals surface area contributed by atoms with Gasteiger partial charge in [-0.3, -0.25) is 19.5 Å². The van der Waals surface area contributed by atoms with Crippen molar-refractivity contribution < 1.29 is 28.3 Å². The zero-order valence-corrected chi connectivity index (χ0v) is 24.3. The van der Waals surface area contributed by atoms with Gasteiger partial charge in [-0.1, -0.05) is 23.5 Å². The molecule has 216 valence electrons. The van der Waals surface area contributed by atoms with Gasteiger partial charge >= 0.3 is 5.97 Å². The number of aromatic nitrogens is 1. The molecule has 0 unspecified atom stereocenters. The van der Waals surface area contributed by atoms with Gasteiger partial charge in [0.2, 0.25) is 0 Å². The molecule has 4 aromatic rings. The number of methoxy groups -OCH3 is 2. The van der Waals surface area contributed by atoms with Crippen molar-refractivity contribution >= 4 is 29.1 Å². The van der Waals surface area contributed by atoms with Crippen LogP contribution in [-0.4, -0.2) is 35.8 Å². The predicted octanol–water partition coefficient (Wildman–Crippen LogP) is 4.37. The van der Waals surface area contributed by atoms with E-state index in [-0.39, 0.29) is 34.2 Å². The Kier molecular flexibility index (Phi) is 7.81. The number of hydrogen-bond acceptors (Lipinski definition) is 10. The quantitative estimate of drug-likeness (QED) is 0.168. The van der Waals surface area contributed by atoms with Gasteiger partial charge in [0, 0.05) is 6.08 Å². The molecule has 12 heteroatoms. The molecule has 1 aliphatic heterocycles. The molecule has 11 nitrogen and oxygen atoms in total. The van der Waals surface area contributed by atoms with Gasteiger partial charge in [0.05, 0.1) is 58.7 Å². The first kappa shape index (κ1) is 28.6. The number of nitro benzene ring substituents is 1. The predicted molar refractivity (Wildman–Crippen MR) is 155 cm³/mol. The number of furan rings is 1. The molecule has 0 bridgehead atoms. The number of esters is 1. The Morgan fingerprint density at radius 1 is 1.10 bits per heavy atom. The van der Waals surface area contributed by atoms with E-state index in [0.717, 1.165) is 11.3 Å². The summed E-state index contributed by atoms with van der Waals surface area (Å²) in [6.07, 6.45) is 1.19. The Labute approximate surface area is 243 Å². The summed E-state index contributed by atoms with van der Waals surface area (Å²) in [6, 6.07) is 14.0. The fraction of sp³-hybridized carbons (Fsp3) is 0.233. The van der Waals surface area contributed by atoms with E-state index < -0.39 is 16.9 Å². The molecule has 0 N–H and O–H groups in total. The molecule has 0 saturated carbocycles. The second kappa shape index (κ2) is 11.5. The van der Waals surface area contributed by atoms with Crippen molar-refractivity contribution in [3.8, 4) is 22.8 Å². The Balaban J connectivity index is 1.62. The number of allylic oxidation sites excluding steroid dienone is 1. The highest BCUT2D eigenvalue weighted by Gasteiger charge is 2.34. The van der Waals surface area contributed by atoms with E-state index in [0.29, 0.717) is 37.9 Å². The third-order valence-corrected chi connectivity index (χ3v) is 7.57. The molecule has 0 aliphatic carbocycles. The first-order valence-electron chi connectivity index (χ1n) is 12.9. The maximum atomic E-state index is 13.9. The van der Waals surface area contributed by atoms with Crippen molar-refractivity contribution in [1.29, 1.82) is 0 Å². The van der Waals surface area contributed by atoms with E-state index in [1.807, 2.05) is 0 Å². The van der Waals surface area contributed by atoms with Gasteiger partial charge in [-0.2, -0.15) is 0 Å². The standard InChI is InChI=1S/C30H27N3O8S/c1-16(2)40-29(35)26-17(3)31-30-32(27(26)18-6-8-19(38-4)9-7-18)28(34)25(42-30)15-21-11-13-24(41-21)22-12-10-20(39-5)14-23(22)33(36)37/h6-16,27H,1-5H3/b25-15-/t27-/m0/s1. The van der Waals surface area contributed by atoms with Gasteiger partial charge in [-0.15, -0.1) is 0 Å². The highest BCUT2D eigenvalue weighted by Crippen LogP contribution is 2.35. The Bertz CT molecular complexity index is 1900. The van der Waals surface area contributed by atoms with E-state index in [1.165, 1.54) is 17.7 Å². The van der Waals surface area contributed by atoms with Crippen LogP contribution in [0.1, 0.15) is 38.1 Å². The summed E-state index contributed by atoms with van der Waals surface area (Å²) in [4.78, 5) is 43.2. The van der Waals surface area contributed by atoms with Crippen LogP contribution in [0.2, 0.25) is 0 Å². The monoisotopic (exact) mass is 589 g/mol. The van der Waals surface area contributed by atoms with Gasteiger partial charge in [0.15, 0.2) is 4.80 Å². The molecule has 0 spiro atoms. The number of benzene rings is 2. The highest BCUT2D eigenvalue weighted by molar-refractivity contribution is 7.07. The van der Waals surface area contributed by atoms with Crippen molar-refractivity contribution in [2.75, 3.05) is 14.2 Å². The minimum atomic E-state index is -0.783. The van der Waals surface area contributed by atoms with Crippen molar-refractivity contribution in [2.45, 2.75) is 32.9 Å². The zero-order chi connectivity index (χ0) is 30.1. The highest BCUT2D eigenvalue weighted by atomic mass is 32.1. The molecule has 5 rings (SSSR count). The van der Waals surface area contributed by atoms with Crippen LogP contribution in [0.15, 0.2) is 80.1 Å². The van der Waals surface area contributed by atoms with Crippen LogP contribution in [-0.2, 0) is 9.53 Å². The molecule has 1 atom stereocenters. The molecule has 1 aliphatic rings. The summed E-state index contributed by atoms with van der Waals surface area (Å²) in [6.45, 7) is 5.22. The molecule has 2 aromatic carbocycles. The Hall–Kier alpha value is -4.97. The van der Waals surface area contributed by atoms with E-state index in [4.69, 9.17) is 18.6 Å². The third kappa shape index (κ3) is 5.36. The average molecular weight is 590 g/mol. The molecular weight excluding hydrogens is 562 g/mol. The number of carbonyl (C=O) groups is 1. The minimum Gasteiger partial charge on any atom is -0.497 e. The average Bonchev–Trinajstić information content (AvgIpc) is 3.55. The van der Waals surface area contributed by atoms with Crippen molar-refractivity contribution in [2.24, 2.45) is 4.99 Å². The third-order valence-electron chi connectivity index (χ3n) is 6.58. The summed E-state index contributed by atoms with van der Waals surface area (Å²) >= 11 is 1.14. The topological polar surface area (TPSA) is 135 Å². The lowest BCUT2D eigenvalue weighted by Gasteiger charge is -2.25. The normalized spacial score (nSPS) is 14.9. The van der Waals surface area contributed by atoms with Crippen LogP contribution in [0.3, 0.4) is 0 Å². The summed E-state index contributed by atoms with van der Waals surface area (Å²) < 4.78 is 23.6. The number of fused-ring (bicyclic) bond motifs is 1. The fourth-order valence-electron chi connectivity index (χ4n) is 4.66. The van der Waals surface area contributed by atoms with E-state index in [9.17, 15) is 19.7 Å². The van der Waals surface area contributed by atoms with Crippen LogP contribution in [0.4, 0.5) is 5.69 Å². The van der Waals surface area contributed by atoms with Crippen molar-refractivity contribution in [1.82, 2.24) is 4.57 Å². The SMILES string of the molecule is COc1ccc([C@H]2C(C(=O)OC(C)C)=C(C)N=c3s/c(=C\c4ccc(-c5ccc(OC)cc5[N+](=O)[O-])o4)c(=O)n32)cc1. The molecular formula is C30H27N3O8S. The molecule has 0 saturated heterocycles. The van der Waals surface area contributed by atoms with Crippen LogP contribution in [0, 0.1) is 10.1 Å². The van der Waals surface area contributed by atoms with Crippen molar-refractivity contribution in [3.05, 3.63) is 107 Å². The van der Waals surface area contributed by atoms with Crippen LogP contribution in [0.25, 0.3) is 17.4 Å². The van der Waals surface area contributed by atoms with Crippen LogP contribution < -0.4 is 24.4 Å². The molecule has 3 heterocycles. The summed E-state index contributed by atoms with van der Waals surface area (Å²) in [5.41, 5.74) is 1.10.